The van der Waals surface area contributed by atoms with E-state index in [-0.39, 0.29) is 11.2 Å². The number of aliphatic hydroxyl groups is 1. The maximum Gasteiger partial charge on any atom is 0.303 e. The summed E-state index contributed by atoms with van der Waals surface area (Å²) in [4.78, 5) is 60.3. The molecule has 2 aliphatic rings. The van der Waals surface area contributed by atoms with Crippen LogP contribution >= 0.6 is 0 Å². The van der Waals surface area contributed by atoms with Crippen molar-refractivity contribution in [3.8, 4) is 0 Å². The van der Waals surface area contributed by atoms with E-state index in [1.807, 2.05) is 126 Å². The van der Waals surface area contributed by atoms with E-state index in [0.717, 1.165) is 33.4 Å². The molecular formula is C54H72O12. The highest BCUT2D eigenvalue weighted by atomic mass is 16.7. The van der Waals surface area contributed by atoms with Crippen LogP contribution in [0, 0.1) is 5.41 Å². The molecule has 0 aromatic heterocycles. The highest BCUT2D eigenvalue weighted by Gasteiger charge is 2.52. The molecule has 0 bridgehead atoms. The summed E-state index contributed by atoms with van der Waals surface area (Å²) in [6, 6.07) is 0. The number of esters is 4. The van der Waals surface area contributed by atoms with Gasteiger partial charge in [-0.3, -0.25) is 24.0 Å². The number of allylic oxidation sites excluding steroid dienone is 22. The molecule has 0 aromatic rings. The molecule has 1 saturated heterocycles. The lowest BCUT2D eigenvalue weighted by molar-refractivity contribution is -0.315. The van der Waals surface area contributed by atoms with Crippen molar-refractivity contribution in [2.45, 2.75) is 159 Å². The van der Waals surface area contributed by atoms with Crippen LogP contribution in [0.15, 0.2) is 142 Å². The normalized spacial score (nSPS) is 24.7. The second-order valence-corrected chi connectivity index (χ2v) is 17.9. The number of rotatable bonds is 19. The van der Waals surface area contributed by atoms with Gasteiger partial charge < -0.3 is 33.5 Å². The molecular weight excluding hydrogens is 841 g/mol. The molecule has 0 unspecified atom stereocenters. The van der Waals surface area contributed by atoms with E-state index in [9.17, 15) is 29.1 Å². The standard InChI is InChI=1S/C54H72O12/c1-34(21-16-17-22-35(2)24-19-27-37(4)29-31-45-39(6)48(59)46(62-41(8)55)33-53(45,12)13)23-18-25-36(3)26-20-28-38(5)30-32-47(54(14,15)60)66-52-51(65-44(11)58)50(64-43(10)57)49(40(7)61-52)63-42(9)56/h16-32,40,46-47,49-52,60H,33H2,1-15H3/b17-16+,23-18+,24-19+,26-20+,31-29+,32-30+,34-21+,35-22+,36-25+,37-27+,38-28+/t40-,46+,47-,49+,50-,51-,52+/m1/s1. The summed E-state index contributed by atoms with van der Waals surface area (Å²) < 4.78 is 33.8. The first-order valence-electron chi connectivity index (χ1n) is 22.1. The number of carbonyl (C=O) groups excluding carboxylic acids is 5. The van der Waals surface area contributed by atoms with Crippen LogP contribution in [0.5, 0.6) is 0 Å². The number of carbonyl (C=O) groups is 5. The van der Waals surface area contributed by atoms with Gasteiger partial charge >= 0.3 is 23.9 Å². The molecule has 12 nitrogen and oxygen atoms in total. The quantitative estimate of drug-likeness (QED) is 0.0743. The maximum absolute atomic E-state index is 12.8. The Bertz CT molecular complexity index is 2140. The Hall–Kier alpha value is -5.69. The van der Waals surface area contributed by atoms with Gasteiger partial charge in [-0.15, -0.1) is 0 Å². The van der Waals surface area contributed by atoms with E-state index in [4.69, 9.17) is 28.4 Å². The van der Waals surface area contributed by atoms with Gasteiger partial charge in [-0.2, -0.15) is 0 Å². The van der Waals surface area contributed by atoms with Crippen LogP contribution in [0.2, 0.25) is 0 Å². The van der Waals surface area contributed by atoms with Crippen LogP contribution in [0.4, 0.5) is 0 Å². The monoisotopic (exact) mass is 913 g/mol. The predicted molar refractivity (Wildman–Crippen MR) is 257 cm³/mol. The molecule has 0 aromatic carbocycles. The SMILES string of the molecule is CC(=O)O[C@@H]1[C@@H](OC(C)=O)[C@@H](C)O[C@@H](O[C@H](/C=C/C(C)=C/C=C/C(C)=C/C=C/C(C)=C/C=C/C=C(C)/C=C/C=C(C)/C=C/C2=C(C)C(=O)[C@@H](OC(C)=O)CC2(C)C)C(C)(C)O)[C@@H]1OC(C)=O. The average Bonchev–Trinajstić information content (AvgIpc) is 3.18. The van der Waals surface area contributed by atoms with Gasteiger partial charge in [0.05, 0.1) is 11.7 Å². The summed E-state index contributed by atoms with van der Waals surface area (Å²) in [6.07, 6.45) is 26.4. The second-order valence-electron chi connectivity index (χ2n) is 17.9. The van der Waals surface area contributed by atoms with Gasteiger partial charge in [0.25, 0.3) is 0 Å². The summed E-state index contributed by atoms with van der Waals surface area (Å²) in [7, 11) is 0. The fraction of sp³-hybridized carbons (Fsp3) is 0.463. The molecule has 1 N–H and O–H groups in total. The number of hydrogen-bond donors (Lipinski definition) is 1. The van der Waals surface area contributed by atoms with Gasteiger partial charge in [0, 0.05) is 34.1 Å². The van der Waals surface area contributed by atoms with E-state index in [1.165, 1.54) is 27.7 Å². The van der Waals surface area contributed by atoms with E-state index >= 15 is 0 Å². The molecule has 0 saturated carbocycles. The summed E-state index contributed by atoms with van der Waals surface area (Å²) in [6.45, 7) is 25.5. The fourth-order valence-corrected chi connectivity index (χ4v) is 7.07. The molecule has 12 heteroatoms. The van der Waals surface area contributed by atoms with Crippen molar-refractivity contribution in [2.75, 3.05) is 0 Å². The van der Waals surface area contributed by atoms with Crippen molar-refractivity contribution < 1.29 is 57.5 Å². The topological polar surface area (TPSA) is 161 Å². The molecule has 0 spiro atoms. The molecule has 7 atom stereocenters. The molecule has 360 valence electrons. The summed E-state index contributed by atoms with van der Waals surface area (Å²) >= 11 is 0. The predicted octanol–water partition coefficient (Wildman–Crippen LogP) is 10.00. The molecule has 1 aliphatic heterocycles. The first-order chi connectivity index (χ1) is 30.7. The van der Waals surface area contributed by atoms with E-state index in [0.29, 0.717) is 12.0 Å². The van der Waals surface area contributed by atoms with Crippen molar-refractivity contribution in [2.24, 2.45) is 5.41 Å². The lowest BCUT2D eigenvalue weighted by Gasteiger charge is -2.44. The van der Waals surface area contributed by atoms with Crippen molar-refractivity contribution in [3.05, 3.63) is 142 Å². The van der Waals surface area contributed by atoms with Crippen LogP contribution in [-0.4, -0.2) is 83.3 Å². The zero-order valence-electron chi connectivity index (χ0n) is 41.5. The van der Waals surface area contributed by atoms with Gasteiger partial charge in [-0.05, 0) is 78.9 Å². The van der Waals surface area contributed by atoms with Gasteiger partial charge in [-0.1, -0.05) is 145 Å². The second kappa shape index (κ2) is 26.5. The first kappa shape index (κ1) is 56.4. The Morgan fingerprint density at radius 2 is 1.05 bits per heavy atom. The average molecular weight is 913 g/mol. The fourth-order valence-electron chi connectivity index (χ4n) is 7.07. The van der Waals surface area contributed by atoms with Crippen molar-refractivity contribution in [3.63, 3.8) is 0 Å². The minimum absolute atomic E-state index is 0.141. The van der Waals surface area contributed by atoms with Gasteiger partial charge in [-0.25, -0.2) is 0 Å². The van der Waals surface area contributed by atoms with E-state index in [2.05, 4.69) is 13.8 Å². The molecule has 0 amide bonds. The Kier molecular flexibility index (Phi) is 22.6. The summed E-state index contributed by atoms with van der Waals surface area (Å²) in [5.74, 6) is -2.61. The first-order valence-corrected chi connectivity index (χ1v) is 22.1. The van der Waals surface area contributed by atoms with Crippen LogP contribution in [0.25, 0.3) is 0 Å². The minimum atomic E-state index is -1.42. The zero-order valence-corrected chi connectivity index (χ0v) is 41.5. The third-order valence-electron chi connectivity index (χ3n) is 10.4. The Balaban J connectivity index is 2.04. The van der Waals surface area contributed by atoms with Crippen molar-refractivity contribution in [1.82, 2.24) is 0 Å². The third kappa shape index (κ3) is 19.8. The Morgan fingerprint density at radius 1 is 0.636 bits per heavy atom. The summed E-state index contributed by atoms with van der Waals surface area (Å²) in [5.41, 5.74) is 4.91. The molecule has 1 heterocycles. The largest absolute Gasteiger partial charge is 0.456 e. The van der Waals surface area contributed by atoms with Gasteiger partial charge in [0.1, 0.15) is 6.10 Å². The highest BCUT2D eigenvalue weighted by Crippen LogP contribution is 2.41. The molecule has 0 radical (unpaired) electrons. The Morgan fingerprint density at radius 3 is 1.50 bits per heavy atom. The van der Waals surface area contributed by atoms with Crippen molar-refractivity contribution in [1.29, 1.82) is 0 Å². The van der Waals surface area contributed by atoms with Crippen LogP contribution in [-0.2, 0) is 52.4 Å². The lowest BCUT2D eigenvalue weighted by atomic mass is 9.71. The van der Waals surface area contributed by atoms with Crippen molar-refractivity contribution >= 4 is 29.7 Å². The molecule has 1 aliphatic carbocycles. The lowest BCUT2D eigenvalue weighted by Crippen LogP contribution is -2.62. The third-order valence-corrected chi connectivity index (χ3v) is 10.4. The number of hydrogen-bond acceptors (Lipinski definition) is 12. The zero-order chi connectivity index (χ0) is 49.9. The minimum Gasteiger partial charge on any atom is -0.456 e. The van der Waals surface area contributed by atoms with Crippen LogP contribution in [0.1, 0.15) is 110 Å². The summed E-state index contributed by atoms with van der Waals surface area (Å²) in [5, 5.41) is 11.0. The molecule has 2 rings (SSSR count). The number of ether oxygens (including phenoxy) is 6. The van der Waals surface area contributed by atoms with E-state index in [1.54, 1.807) is 39.8 Å². The molecule has 1 fully saturated rings. The smallest absolute Gasteiger partial charge is 0.303 e. The van der Waals surface area contributed by atoms with E-state index < -0.39 is 72.4 Å². The highest BCUT2D eigenvalue weighted by molar-refractivity contribution is 6.01. The van der Waals surface area contributed by atoms with Gasteiger partial charge in [0.15, 0.2) is 36.5 Å². The maximum atomic E-state index is 12.8. The number of ketones is 1. The number of Topliss-reactive ketones (excluding diaryl/α,β-unsaturated/α-hetero) is 1. The van der Waals surface area contributed by atoms with Crippen LogP contribution in [0.3, 0.4) is 0 Å². The van der Waals surface area contributed by atoms with Gasteiger partial charge in [0.2, 0.25) is 0 Å². The Labute approximate surface area is 392 Å². The van der Waals surface area contributed by atoms with Crippen LogP contribution < -0.4 is 0 Å². The molecule has 66 heavy (non-hydrogen) atoms.